The fraction of sp³-hybridized carbons (Fsp3) is 0.579. The second-order valence-electron chi connectivity index (χ2n) is 7.65. The van der Waals surface area contributed by atoms with Gasteiger partial charge < -0.3 is 26.5 Å². The smallest absolute Gasteiger partial charge is 0.429 e. The summed E-state index contributed by atoms with van der Waals surface area (Å²) in [6.45, 7) is 3.51. The Bertz CT molecular complexity index is 735. The van der Waals surface area contributed by atoms with E-state index in [4.69, 9.17) is 9.47 Å². The molecule has 1 atom stereocenters. The molecule has 1 aliphatic rings. The predicted octanol–water partition coefficient (Wildman–Crippen LogP) is 3.25. The molecule has 29 heavy (non-hydrogen) atoms. The van der Waals surface area contributed by atoms with Gasteiger partial charge in [0.15, 0.2) is 0 Å². The third-order valence-electron chi connectivity index (χ3n) is 5.26. The zero-order chi connectivity index (χ0) is 20.9. The van der Waals surface area contributed by atoms with E-state index in [1.807, 2.05) is 19.1 Å². The Morgan fingerprint density at radius 3 is 2.31 bits per heavy atom. The second-order valence-corrected chi connectivity index (χ2v) is 10.3. The van der Waals surface area contributed by atoms with Crippen molar-refractivity contribution in [3.05, 3.63) is 47.6 Å². The van der Waals surface area contributed by atoms with Crippen LogP contribution in [0.15, 0.2) is 37.5 Å². The van der Waals surface area contributed by atoms with Crippen LogP contribution in [0, 0.1) is 10.1 Å². The van der Waals surface area contributed by atoms with Crippen LogP contribution in [0.25, 0.3) is 0 Å². The molecule has 0 N–H and O–H groups in total. The summed E-state index contributed by atoms with van der Waals surface area (Å²) in [5.41, 5.74) is -0.578. The minimum atomic E-state index is -0.578. The lowest BCUT2D eigenvalue weighted by atomic mass is 10.1. The van der Waals surface area contributed by atoms with Crippen LogP contribution in [0.2, 0.25) is 0 Å². The molecule has 1 aromatic rings. The maximum atomic E-state index is 10.9. The first-order chi connectivity index (χ1) is 13.1. The van der Waals surface area contributed by atoms with E-state index in [0.717, 1.165) is 51.4 Å². The first-order valence-corrected chi connectivity index (χ1v) is 11.6. The number of unbranched alkanes of at least 4 members (excludes halogenated alkanes) is 3. The summed E-state index contributed by atoms with van der Waals surface area (Å²) < 4.78 is 15.0. The summed E-state index contributed by atoms with van der Waals surface area (Å²) in [5.74, 6) is 0.692. The second kappa shape index (κ2) is 11.5. The summed E-state index contributed by atoms with van der Waals surface area (Å²) in [7, 11) is 4.14. The van der Waals surface area contributed by atoms with Crippen LogP contribution in [0.1, 0.15) is 39.0 Å². The van der Waals surface area contributed by atoms with Crippen LogP contribution in [-0.4, -0.2) is 42.4 Å². The van der Waals surface area contributed by atoms with E-state index >= 15 is 0 Å². The van der Waals surface area contributed by atoms with Crippen molar-refractivity contribution in [1.82, 2.24) is 0 Å². The number of halogens is 4. The number of rotatable bonds is 10. The van der Waals surface area contributed by atoms with Gasteiger partial charge in [-0.2, -0.15) is 0 Å². The quantitative estimate of drug-likeness (QED) is 0.167. The average molecular weight is 666 g/mol. The Morgan fingerprint density at radius 2 is 1.76 bits per heavy atom. The van der Waals surface area contributed by atoms with Crippen LogP contribution < -0.4 is 21.7 Å². The standard InChI is InChI=1S/C19H26Br3N2O4.BrH/c1-19(9-8-17(28-19)23(25)26)24(2,3)10-6-4-5-7-11-27-18-15(21)12-14(20)13-16(18)22;/h8,12-13H,4-7,9-11H2,1-3H3;1H/q+1;/p-1. The van der Waals surface area contributed by atoms with Gasteiger partial charge in [0.1, 0.15) is 10.7 Å². The Balaban J connectivity index is 0.00000420. The lowest BCUT2D eigenvalue weighted by Crippen LogP contribution is -3.00. The molecule has 0 bridgehead atoms. The third kappa shape index (κ3) is 7.19. The van der Waals surface area contributed by atoms with E-state index in [9.17, 15) is 10.1 Å². The first kappa shape index (κ1) is 26.9. The number of hydrogen-bond donors (Lipinski definition) is 0. The summed E-state index contributed by atoms with van der Waals surface area (Å²) in [4.78, 5) is 10.5. The zero-order valence-corrected chi connectivity index (χ0v) is 23.1. The van der Waals surface area contributed by atoms with Crippen LogP contribution in [-0.2, 0) is 4.74 Å². The fourth-order valence-corrected chi connectivity index (χ4v) is 5.60. The molecule has 0 saturated heterocycles. The lowest BCUT2D eigenvalue weighted by Gasteiger charge is -2.42. The number of ether oxygens (including phenoxy) is 2. The highest BCUT2D eigenvalue weighted by molar-refractivity contribution is 9.11. The van der Waals surface area contributed by atoms with E-state index in [1.54, 1.807) is 6.08 Å². The minimum absolute atomic E-state index is 0. The van der Waals surface area contributed by atoms with Crippen molar-refractivity contribution >= 4 is 47.8 Å². The Morgan fingerprint density at radius 1 is 1.17 bits per heavy atom. The van der Waals surface area contributed by atoms with Gasteiger partial charge in [0.2, 0.25) is 5.72 Å². The summed E-state index contributed by atoms with van der Waals surface area (Å²) in [6, 6.07) is 3.93. The van der Waals surface area contributed by atoms with Gasteiger partial charge in [-0.05, 0) is 69.7 Å². The Hall–Kier alpha value is -0.160. The lowest BCUT2D eigenvalue weighted by molar-refractivity contribution is -0.964. The summed E-state index contributed by atoms with van der Waals surface area (Å²) in [5, 5.41) is 10.9. The molecule has 1 unspecified atom stereocenters. The maximum absolute atomic E-state index is 10.9. The molecule has 1 heterocycles. The van der Waals surface area contributed by atoms with Crippen molar-refractivity contribution in [3.63, 3.8) is 0 Å². The van der Waals surface area contributed by atoms with E-state index in [1.165, 1.54) is 0 Å². The fourth-order valence-electron chi connectivity index (χ4n) is 3.11. The van der Waals surface area contributed by atoms with Crippen LogP contribution in [0.5, 0.6) is 5.75 Å². The Labute approximate surface area is 207 Å². The number of benzene rings is 1. The molecule has 10 heteroatoms. The number of nitro groups is 1. The monoisotopic (exact) mass is 662 g/mol. The molecule has 1 aliphatic heterocycles. The molecule has 2 rings (SSSR count). The largest absolute Gasteiger partial charge is 1.00 e. The molecule has 0 spiro atoms. The normalized spacial score (nSPS) is 18.6. The highest BCUT2D eigenvalue weighted by Gasteiger charge is 2.49. The van der Waals surface area contributed by atoms with Crippen molar-refractivity contribution in [2.24, 2.45) is 0 Å². The summed E-state index contributed by atoms with van der Waals surface area (Å²) >= 11 is 10.5. The number of quaternary nitrogens is 1. The SMILES string of the molecule is CC1([N+](C)(C)CCCCCCOc2c(Br)cc(Br)cc2Br)CC=C([N+](=O)[O-])O1.[Br-]. The van der Waals surface area contributed by atoms with Gasteiger partial charge in [0, 0.05) is 17.5 Å². The first-order valence-electron chi connectivity index (χ1n) is 9.20. The zero-order valence-electron chi connectivity index (χ0n) is 16.7. The van der Waals surface area contributed by atoms with Gasteiger partial charge in [-0.3, -0.25) is 14.6 Å². The van der Waals surface area contributed by atoms with Gasteiger partial charge in [-0.1, -0.05) is 15.9 Å². The van der Waals surface area contributed by atoms with Crippen molar-refractivity contribution in [2.45, 2.75) is 44.8 Å². The van der Waals surface area contributed by atoms with E-state index < -0.39 is 10.6 Å². The van der Waals surface area contributed by atoms with Crippen molar-refractivity contribution < 1.29 is 35.9 Å². The van der Waals surface area contributed by atoms with Crippen LogP contribution in [0.3, 0.4) is 0 Å². The molecule has 0 fully saturated rings. The van der Waals surface area contributed by atoms with Gasteiger partial charge in [0.25, 0.3) is 0 Å². The van der Waals surface area contributed by atoms with Crippen molar-refractivity contribution in [1.29, 1.82) is 0 Å². The molecule has 0 radical (unpaired) electrons. The highest BCUT2D eigenvalue weighted by atomic mass is 79.9. The minimum Gasteiger partial charge on any atom is -1.00 e. The van der Waals surface area contributed by atoms with E-state index in [-0.39, 0.29) is 22.9 Å². The van der Waals surface area contributed by atoms with Gasteiger partial charge in [-0.15, -0.1) is 0 Å². The van der Waals surface area contributed by atoms with Crippen LogP contribution >= 0.6 is 47.8 Å². The van der Waals surface area contributed by atoms with E-state index in [0.29, 0.717) is 17.5 Å². The molecule has 1 aromatic carbocycles. The van der Waals surface area contributed by atoms with Crippen molar-refractivity contribution in [2.75, 3.05) is 27.2 Å². The highest BCUT2D eigenvalue weighted by Crippen LogP contribution is 2.37. The molecule has 6 nitrogen and oxygen atoms in total. The van der Waals surface area contributed by atoms with Crippen molar-refractivity contribution in [3.8, 4) is 5.75 Å². The van der Waals surface area contributed by atoms with Gasteiger partial charge in [-0.25, -0.2) is 0 Å². The molecular formula is C19H26Br4N2O4. The maximum Gasteiger partial charge on any atom is 0.429 e. The van der Waals surface area contributed by atoms with Crippen LogP contribution in [0.4, 0.5) is 0 Å². The Kier molecular flexibility index (Phi) is 10.6. The average Bonchev–Trinajstić information content (AvgIpc) is 3.00. The molecule has 164 valence electrons. The molecule has 0 amide bonds. The van der Waals surface area contributed by atoms with Gasteiger partial charge in [0.05, 0.1) is 42.6 Å². The topological polar surface area (TPSA) is 61.6 Å². The number of hydrogen-bond acceptors (Lipinski definition) is 4. The molecule has 0 aliphatic carbocycles. The molecule has 0 saturated carbocycles. The van der Waals surface area contributed by atoms with Gasteiger partial charge >= 0.3 is 5.88 Å². The molecular weight excluding hydrogens is 640 g/mol. The predicted molar refractivity (Wildman–Crippen MR) is 120 cm³/mol. The third-order valence-corrected chi connectivity index (χ3v) is 6.90. The summed E-state index contributed by atoms with van der Waals surface area (Å²) in [6.07, 6.45) is 6.30. The molecule has 0 aromatic heterocycles. The number of nitrogens with zero attached hydrogens (tertiary/aromatic N) is 2. The van der Waals surface area contributed by atoms with E-state index in [2.05, 4.69) is 61.9 Å².